The number of hydrogen-bond acceptors (Lipinski definition) is 4. The van der Waals surface area contributed by atoms with Crippen LogP contribution >= 0.6 is 0 Å². The average molecular weight is 329 g/mol. The lowest BCUT2D eigenvalue weighted by Gasteiger charge is -2.25. The van der Waals surface area contributed by atoms with Crippen molar-refractivity contribution >= 4 is 15.9 Å². The van der Waals surface area contributed by atoms with Crippen LogP contribution in [0.1, 0.15) is 31.3 Å². The van der Waals surface area contributed by atoms with E-state index in [1.165, 1.54) is 16.6 Å². The number of H-pyrrole nitrogens is 1. The standard InChI is InChI=1S/C14H23N3O4S/c1-10(2)11(3)16-14(18)13-8-12(9-15-13)22(19,20)17-4-6-21-7-5-17/h8-11,15H,4-7H2,1-3H3,(H,16,18)/t11-/m0/s1. The molecule has 1 saturated heterocycles. The van der Waals surface area contributed by atoms with Gasteiger partial charge in [-0.05, 0) is 18.9 Å². The molecule has 2 heterocycles. The van der Waals surface area contributed by atoms with Crippen LogP contribution in [0.3, 0.4) is 0 Å². The summed E-state index contributed by atoms with van der Waals surface area (Å²) in [6.45, 7) is 7.38. The second-order valence-corrected chi connectivity index (χ2v) is 7.71. The third-order valence-electron chi connectivity index (χ3n) is 3.87. The van der Waals surface area contributed by atoms with Crippen LogP contribution in [0.15, 0.2) is 17.2 Å². The molecule has 1 amide bonds. The first kappa shape index (κ1) is 17.0. The molecule has 1 aliphatic rings. The average Bonchev–Trinajstić information content (AvgIpc) is 2.98. The van der Waals surface area contributed by atoms with E-state index < -0.39 is 10.0 Å². The third kappa shape index (κ3) is 3.68. The van der Waals surface area contributed by atoms with Gasteiger partial charge in [0.25, 0.3) is 5.91 Å². The number of rotatable bonds is 5. The Hall–Kier alpha value is -1.38. The summed E-state index contributed by atoms with van der Waals surface area (Å²) in [5, 5.41) is 2.84. The van der Waals surface area contributed by atoms with E-state index in [9.17, 15) is 13.2 Å². The summed E-state index contributed by atoms with van der Waals surface area (Å²) < 4.78 is 31.5. The fourth-order valence-corrected chi connectivity index (χ4v) is 3.44. The van der Waals surface area contributed by atoms with E-state index in [-0.39, 0.29) is 22.5 Å². The highest BCUT2D eigenvalue weighted by Crippen LogP contribution is 2.18. The SMILES string of the molecule is CC(C)[C@H](C)NC(=O)c1cc(S(=O)(=O)N2CCOCC2)c[nH]1. The maximum Gasteiger partial charge on any atom is 0.267 e. The number of nitrogens with one attached hydrogen (secondary N) is 2. The van der Waals surface area contributed by atoms with Crippen molar-refractivity contribution in [3.8, 4) is 0 Å². The summed E-state index contributed by atoms with van der Waals surface area (Å²) in [6, 6.07) is 1.39. The topological polar surface area (TPSA) is 91.5 Å². The monoisotopic (exact) mass is 329 g/mol. The van der Waals surface area contributed by atoms with Gasteiger partial charge in [-0.3, -0.25) is 4.79 Å². The van der Waals surface area contributed by atoms with Crippen LogP contribution in [0.2, 0.25) is 0 Å². The molecule has 8 heteroatoms. The molecule has 7 nitrogen and oxygen atoms in total. The summed E-state index contributed by atoms with van der Waals surface area (Å²) in [7, 11) is -3.58. The molecule has 124 valence electrons. The zero-order valence-corrected chi connectivity index (χ0v) is 13.9. The Kier molecular flexibility index (Phi) is 5.25. The number of aromatic amines is 1. The van der Waals surface area contributed by atoms with Crippen LogP contribution in [0.25, 0.3) is 0 Å². The maximum absolute atomic E-state index is 12.5. The van der Waals surface area contributed by atoms with Gasteiger partial charge >= 0.3 is 0 Å². The fraction of sp³-hybridized carbons (Fsp3) is 0.643. The number of nitrogens with zero attached hydrogens (tertiary/aromatic N) is 1. The zero-order valence-electron chi connectivity index (χ0n) is 13.1. The Morgan fingerprint density at radius 3 is 2.55 bits per heavy atom. The summed E-state index contributed by atoms with van der Waals surface area (Å²) in [4.78, 5) is 15.0. The highest BCUT2D eigenvalue weighted by molar-refractivity contribution is 7.89. The molecule has 1 aromatic heterocycles. The first-order chi connectivity index (χ1) is 10.3. The van der Waals surface area contributed by atoms with Crippen molar-refractivity contribution in [3.63, 3.8) is 0 Å². The minimum atomic E-state index is -3.58. The van der Waals surface area contributed by atoms with Gasteiger partial charge in [0.05, 0.1) is 13.2 Å². The van der Waals surface area contributed by atoms with Crippen LogP contribution in [0.4, 0.5) is 0 Å². The third-order valence-corrected chi connectivity index (χ3v) is 5.74. The van der Waals surface area contributed by atoms with Crippen LogP contribution in [-0.2, 0) is 14.8 Å². The van der Waals surface area contributed by atoms with Crippen LogP contribution in [0, 0.1) is 5.92 Å². The summed E-state index contributed by atoms with van der Waals surface area (Å²) in [6.07, 6.45) is 1.36. The predicted octanol–water partition coefficient (Wildman–Crippen LogP) is 0.810. The molecule has 0 radical (unpaired) electrons. The Bertz CT molecular complexity index is 618. The molecule has 1 aromatic rings. The van der Waals surface area contributed by atoms with E-state index in [0.29, 0.717) is 32.2 Å². The van der Waals surface area contributed by atoms with Gasteiger partial charge in [-0.2, -0.15) is 4.31 Å². The normalized spacial score (nSPS) is 18.4. The van der Waals surface area contributed by atoms with E-state index in [1.807, 2.05) is 20.8 Å². The quantitative estimate of drug-likeness (QED) is 0.836. The smallest absolute Gasteiger partial charge is 0.267 e. The lowest BCUT2D eigenvalue weighted by atomic mass is 10.1. The fourth-order valence-electron chi connectivity index (χ4n) is 2.04. The van der Waals surface area contributed by atoms with E-state index in [2.05, 4.69) is 10.3 Å². The molecular weight excluding hydrogens is 306 g/mol. The van der Waals surface area contributed by atoms with E-state index in [0.717, 1.165) is 0 Å². The number of ether oxygens (including phenoxy) is 1. The van der Waals surface area contributed by atoms with Gasteiger partial charge in [0.1, 0.15) is 10.6 Å². The van der Waals surface area contributed by atoms with Crippen molar-refractivity contribution in [2.24, 2.45) is 5.92 Å². The van der Waals surface area contributed by atoms with Gasteiger partial charge in [-0.25, -0.2) is 8.42 Å². The van der Waals surface area contributed by atoms with Crippen LogP contribution in [0.5, 0.6) is 0 Å². The van der Waals surface area contributed by atoms with Gasteiger partial charge in [0.15, 0.2) is 0 Å². The number of sulfonamides is 1. The first-order valence-electron chi connectivity index (χ1n) is 7.39. The molecular formula is C14H23N3O4S. The highest BCUT2D eigenvalue weighted by atomic mass is 32.2. The summed E-state index contributed by atoms with van der Waals surface area (Å²) in [5.41, 5.74) is 0.249. The molecule has 0 bridgehead atoms. The van der Waals surface area contributed by atoms with Gasteiger partial charge in [0.2, 0.25) is 10.0 Å². The van der Waals surface area contributed by atoms with Crippen molar-refractivity contribution in [2.75, 3.05) is 26.3 Å². The number of carbonyl (C=O) groups is 1. The molecule has 0 unspecified atom stereocenters. The predicted molar refractivity (Wildman–Crippen MR) is 82.1 cm³/mol. The van der Waals surface area contributed by atoms with Crippen molar-refractivity contribution in [2.45, 2.75) is 31.7 Å². The van der Waals surface area contributed by atoms with Gasteiger partial charge in [-0.1, -0.05) is 13.8 Å². The second-order valence-electron chi connectivity index (χ2n) is 5.77. The number of hydrogen-bond donors (Lipinski definition) is 2. The van der Waals surface area contributed by atoms with Crippen LogP contribution < -0.4 is 5.32 Å². The first-order valence-corrected chi connectivity index (χ1v) is 8.83. The Labute approximate surface area is 131 Å². The molecule has 0 aromatic carbocycles. The van der Waals surface area contributed by atoms with E-state index >= 15 is 0 Å². The largest absolute Gasteiger partial charge is 0.379 e. The molecule has 1 atom stereocenters. The summed E-state index contributed by atoms with van der Waals surface area (Å²) in [5.74, 6) is 0.0000859. The molecule has 22 heavy (non-hydrogen) atoms. The molecule has 2 N–H and O–H groups in total. The highest BCUT2D eigenvalue weighted by Gasteiger charge is 2.28. The maximum atomic E-state index is 12.5. The Balaban J connectivity index is 2.12. The lowest BCUT2D eigenvalue weighted by molar-refractivity contribution is 0.0730. The number of morpholine rings is 1. The van der Waals surface area contributed by atoms with Crippen molar-refractivity contribution < 1.29 is 17.9 Å². The molecule has 0 aliphatic carbocycles. The number of aromatic nitrogens is 1. The number of carbonyl (C=O) groups excluding carboxylic acids is 1. The number of amides is 1. The van der Waals surface area contributed by atoms with E-state index in [1.54, 1.807) is 0 Å². The Morgan fingerprint density at radius 2 is 1.95 bits per heavy atom. The van der Waals surface area contributed by atoms with E-state index in [4.69, 9.17) is 4.74 Å². The second kappa shape index (κ2) is 6.80. The minimum Gasteiger partial charge on any atom is -0.379 e. The Morgan fingerprint density at radius 1 is 1.32 bits per heavy atom. The van der Waals surface area contributed by atoms with Crippen molar-refractivity contribution in [3.05, 3.63) is 18.0 Å². The molecule has 0 spiro atoms. The van der Waals surface area contributed by atoms with Gasteiger partial charge in [-0.15, -0.1) is 0 Å². The zero-order chi connectivity index (χ0) is 16.3. The van der Waals surface area contributed by atoms with Gasteiger partial charge in [0, 0.05) is 25.3 Å². The van der Waals surface area contributed by atoms with Crippen molar-refractivity contribution in [1.82, 2.24) is 14.6 Å². The van der Waals surface area contributed by atoms with Crippen LogP contribution in [-0.4, -0.2) is 56.0 Å². The molecule has 2 rings (SSSR count). The van der Waals surface area contributed by atoms with Crippen molar-refractivity contribution in [1.29, 1.82) is 0 Å². The molecule has 0 saturated carbocycles. The van der Waals surface area contributed by atoms with Gasteiger partial charge < -0.3 is 15.0 Å². The lowest BCUT2D eigenvalue weighted by Crippen LogP contribution is -2.40. The minimum absolute atomic E-state index is 0.00935. The molecule has 1 aliphatic heterocycles. The molecule has 1 fully saturated rings. The summed E-state index contributed by atoms with van der Waals surface area (Å²) >= 11 is 0.